The van der Waals surface area contributed by atoms with Gasteiger partial charge in [-0.2, -0.15) is 0 Å². The van der Waals surface area contributed by atoms with Crippen molar-refractivity contribution >= 4 is 23.0 Å². The van der Waals surface area contributed by atoms with Crippen molar-refractivity contribution in [2.24, 2.45) is 5.73 Å². The Hall–Kier alpha value is -3.56. The molecule has 0 atom stereocenters. The highest BCUT2D eigenvalue weighted by atomic mass is 19.1. The van der Waals surface area contributed by atoms with Gasteiger partial charge in [-0.1, -0.05) is 12.1 Å². The molecule has 0 saturated carbocycles. The molecule has 0 radical (unpaired) electrons. The summed E-state index contributed by atoms with van der Waals surface area (Å²) in [6, 6.07) is 7.11. The van der Waals surface area contributed by atoms with Gasteiger partial charge < -0.3 is 11.1 Å². The summed E-state index contributed by atoms with van der Waals surface area (Å²) in [5.74, 6) is -1.57. The molecule has 124 valence electrons. The molecule has 2 rings (SSSR count). The van der Waals surface area contributed by atoms with Gasteiger partial charge >= 0.3 is 0 Å². The van der Waals surface area contributed by atoms with Crippen LogP contribution in [0.5, 0.6) is 0 Å². The maximum absolute atomic E-state index is 13.1. The van der Waals surface area contributed by atoms with Crippen LogP contribution in [0.2, 0.25) is 0 Å². The Balaban J connectivity index is 2.43. The molecule has 0 unspecified atom stereocenters. The summed E-state index contributed by atoms with van der Waals surface area (Å²) in [7, 11) is 0. The van der Waals surface area contributed by atoms with Gasteiger partial charge in [0.1, 0.15) is 17.1 Å². The van der Waals surface area contributed by atoms with E-state index in [2.05, 4.69) is 5.32 Å². The summed E-state index contributed by atoms with van der Waals surface area (Å²) < 4.78 is 13.1. The lowest BCUT2D eigenvalue weighted by atomic mass is 10.1. The highest BCUT2D eigenvalue weighted by Crippen LogP contribution is 2.32. The average molecular weight is 334 g/mol. The van der Waals surface area contributed by atoms with Crippen molar-refractivity contribution in [1.82, 2.24) is 0 Å². The van der Waals surface area contributed by atoms with Gasteiger partial charge in [-0.25, -0.2) is 4.39 Å². The van der Waals surface area contributed by atoms with Gasteiger partial charge in [0, 0.05) is 6.54 Å². The van der Waals surface area contributed by atoms with Crippen LogP contribution in [0.3, 0.4) is 0 Å². The van der Waals surface area contributed by atoms with Gasteiger partial charge in [-0.15, -0.1) is 0 Å². The first-order chi connectivity index (χ1) is 11.3. The number of benzene rings is 2. The van der Waals surface area contributed by atoms with E-state index in [1.54, 1.807) is 6.07 Å². The first-order valence-corrected chi connectivity index (χ1v) is 6.54. The SMILES string of the molecule is NC(=O)c1cc(NCc2cccc(F)c2)c([N+](=O)[O-])cc1[N+](=O)[O-]. The number of primary amides is 1. The van der Waals surface area contributed by atoms with Gasteiger partial charge in [0.05, 0.1) is 15.9 Å². The van der Waals surface area contributed by atoms with Crippen LogP contribution in [0.25, 0.3) is 0 Å². The highest BCUT2D eigenvalue weighted by molar-refractivity contribution is 5.99. The van der Waals surface area contributed by atoms with Crippen LogP contribution >= 0.6 is 0 Å². The molecule has 0 bridgehead atoms. The predicted molar refractivity (Wildman–Crippen MR) is 82.0 cm³/mol. The van der Waals surface area contributed by atoms with Crippen LogP contribution in [-0.2, 0) is 6.54 Å². The van der Waals surface area contributed by atoms with E-state index < -0.39 is 38.5 Å². The molecule has 10 heteroatoms. The Morgan fingerprint density at radius 3 is 2.33 bits per heavy atom. The smallest absolute Gasteiger partial charge is 0.299 e. The van der Waals surface area contributed by atoms with Crippen LogP contribution in [-0.4, -0.2) is 15.8 Å². The first-order valence-electron chi connectivity index (χ1n) is 6.54. The number of hydrogen-bond acceptors (Lipinski definition) is 6. The van der Waals surface area contributed by atoms with Gasteiger partial charge in [-0.3, -0.25) is 25.0 Å². The molecule has 2 aromatic carbocycles. The Labute approximate surface area is 134 Å². The van der Waals surface area contributed by atoms with Crippen molar-refractivity contribution < 1.29 is 19.0 Å². The topological polar surface area (TPSA) is 141 Å². The van der Waals surface area contributed by atoms with Crippen LogP contribution in [0.1, 0.15) is 15.9 Å². The number of rotatable bonds is 6. The zero-order valence-corrected chi connectivity index (χ0v) is 12.1. The number of halogens is 1. The zero-order chi connectivity index (χ0) is 17.9. The molecule has 0 aliphatic rings. The molecule has 0 fully saturated rings. The fraction of sp³-hybridized carbons (Fsp3) is 0.0714. The number of nitro benzene ring substituents is 2. The monoisotopic (exact) mass is 334 g/mol. The zero-order valence-electron chi connectivity index (χ0n) is 12.1. The van der Waals surface area contributed by atoms with Gasteiger partial charge in [-0.05, 0) is 23.8 Å². The standard InChI is InChI=1S/C14H11FN4O5/c15-9-3-1-2-8(4-9)7-17-11-5-10(14(16)20)12(18(21)22)6-13(11)19(23)24/h1-6,17H,7H2,(H2,16,20). The molecule has 0 spiro atoms. The fourth-order valence-electron chi connectivity index (χ4n) is 2.06. The quantitative estimate of drug-likeness (QED) is 0.613. The lowest BCUT2D eigenvalue weighted by Gasteiger charge is -2.09. The lowest BCUT2D eigenvalue weighted by molar-refractivity contribution is -0.393. The van der Waals surface area contributed by atoms with E-state index in [1.807, 2.05) is 0 Å². The van der Waals surface area contributed by atoms with Crippen molar-refractivity contribution in [3.8, 4) is 0 Å². The summed E-state index contributed by atoms with van der Waals surface area (Å²) in [4.78, 5) is 31.6. The number of carbonyl (C=O) groups excluding carboxylic acids is 1. The average Bonchev–Trinajstić information content (AvgIpc) is 2.51. The van der Waals surface area contributed by atoms with E-state index in [4.69, 9.17) is 5.73 Å². The molecule has 0 saturated heterocycles. The van der Waals surface area contributed by atoms with E-state index in [0.717, 1.165) is 6.07 Å². The Morgan fingerprint density at radius 2 is 1.79 bits per heavy atom. The molecule has 2 aromatic rings. The number of amides is 1. The van der Waals surface area contributed by atoms with E-state index in [1.165, 1.54) is 18.2 Å². The predicted octanol–water partition coefficient (Wildman–Crippen LogP) is 2.35. The number of carbonyl (C=O) groups is 1. The van der Waals surface area contributed by atoms with Crippen molar-refractivity contribution in [2.75, 3.05) is 5.32 Å². The minimum Gasteiger partial charge on any atom is -0.375 e. The summed E-state index contributed by atoms with van der Waals surface area (Å²) in [5, 5.41) is 24.7. The summed E-state index contributed by atoms with van der Waals surface area (Å²) in [6.07, 6.45) is 0. The summed E-state index contributed by atoms with van der Waals surface area (Å²) >= 11 is 0. The Bertz CT molecular complexity index is 840. The number of nitrogens with zero attached hydrogens (tertiary/aromatic N) is 2. The molecule has 24 heavy (non-hydrogen) atoms. The number of nitrogens with two attached hydrogens (primary N) is 1. The maximum atomic E-state index is 13.1. The molecule has 0 aliphatic heterocycles. The second kappa shape index (κ2) is 6.69. The fourth-order valence-corrected chi connectivity index (χ4v) is 2.06. The second-order valence-electron chi connectivity index (χ2n) is 4.75. The van der Waals surface area contributed by atoms with Gasteiger partial charge in [0.25, 0.3) is 17.3 Å². The van der Waals surface area contributed by atoms with Crippen molar-refractivity contribution in [2.45, 2.75) is 6.54 Å². The van der Waals surface area contributed by atoms with Gasteiger partial charge in [0.2, 0.25) is 0 Å². The normalized spacial score (nSPS) is 10.2. The summed E-state index contributed by atoms with van der Waals surface area (Å²) in [6.45, 7) is 0.00854. The van der Waals surface area contributed by atoms with Crippen molar-refractivity contribution in [3.05, 3.63) is 73.6 Å². The second-order valence-corrected chi connectivity index (χ2v) is 4.75. The third kappa shape index (κ3) is 3.61. The Morgan fingerprint density at radius 1 is 1.12 bits per heavy atom. The molecule has 9 nitrogen and oxygen atoms in total. The van der Waals surface area contributed by atoms with Crippen LogP contribution in [0.15, 0.2) is 36.4 Å². The Kier molecular flexibility index (Phi) is 4.68. The van der Waals surface area contributed by atoms with Crippen LogP contribution in [0, 0.1) is 26.0 Å². The minimum absolute atomic E-state index is 0.00854. The van der Waals surface area contributed by atoms with Crippen molar-refractivity contribution in [1.29, 1.82) is 0 Å². The largest absolute Gasteiger partial charge is 0.375 e. The van der Waals surface area contributed by atoms with E-state index >= 15 is 0 Å². The molecule has 0 aliphatic carbocycles. The lowest BCUT2D eigenvalue weighted by Crippen LogP contribution is -2.15. The third-order valence-electron chi connectivity index (χ3n) is 3.14. The van der Waals surface area contributed by atoms with Crippen LogP contribution in [0.4, 0.5) is 21.5 Å². The van der Waals surface area contributed by atoms with Crippen molar-refractivity contribution in [3.63, 3.8) is 0 Å². The maximum Gasteiger partial charge on any atom is 0.299 e. The van der Waals surface area contributed by atoms with E-state index in [9.17, 15) is 29.4 Å². The molecule has 0 aromatic heterocycles. The van der Waals surface area contributed by atoms with Gasteiger partial charge in [0.15, 0.2) is 0 Å². The molecule has 1 amide bonds. The molecule has 0 heterocycles. The first kappa shape index (κ1) is 16.8. The van der Waals surface area contributed by atoms with E-state index in [0.29, 0.717) is 11.6 Å². The van der Waals surface area contributed by atoms with E-state index in [-0.39, 0.29) is 12.2 Å². The number of hydrogen-bond donors (Lipinski definition) is 2. The third-order valence-corrected chi connectivity index (χ3v) is 3.14. The number of nitrogens with one attached hydrogen (secondary N) is 1. The highest BCUT2D eigenvalue weighted by Gasteiger charge is 2.26. The summed E-state index contributed by atoms with van der Waals surface area (Å²) in [5.41, 5.74) is 3.62. The molecular weight excluding hydrogens is 323 g/mol. The molecule has 3 N–H and O–H groups in total. The van der Waals surface area contributed by atoms with Crippen LogP contribution < -0.4 is 11.1 Å². The minimum atomic E-state index is -1.09. The molecular formula is C14H11FN4O5. The number of anilines is 1. The number of nitro groups is 2.